The Kier molecular flexibility index (Phi) is 8.46. The van der Waals surface area contributed by atoms with E-state index in [1.165, 1.54) is 18.4 Å². The fourth-order valence-corrected chi connectivity index (χ4v) is 7.00. The minimum absolute atomic E-state index is 0.180. The molecular weight excluding hydrogens is 602 g/mol. The molecule has 0 unspecified atom stereocenters. The molecule has 0 spiro atoms. The molecule has 3 heterocycles. The van der Waals surface area contributed by atoms with Crippen LogP contribution in [0.5, 0.6) is 5.75 Å². The minimum Gasteiger partial charge on any atom is -0.496 e. The van der Waals surface area contributed by atoms with Crippen LogP contribution in [0.4, 0.5) is 0 Å². The summed E-state index contributed by atoms with van der Waals surface area (Å²) in [7, 11) is 2.92. The average Bonchev–Trinajstić information content (AvgIpc) is 3.67. The first-order valence-electron chi connectivity index (χ1n) is 15.0. The number of hydrogen-bond donors (Lipinski definition) is 0. The minimum atomic E-state index is -0.786. The van der Waals surface area contributed by atoms with Gasteiger partial charge in [-0.1, -0.05) is 59.9 Å². The van der Waals surface area contributed by atoms with Crippen molar-refractivity contribution in [2.45, 2.75) is 26.8 Å². The normalized spacial score (nSPS) is 14.6. The largest absolute Gasteiger partial charge is 0.496 e. The van der Waals surface area contributed by atoms with Crippen LogP contribution < -0.4 is 19.6 Å². The molecule has 0 bridgehead atoms. The maximum atomic E-state index is 14.4. The Labute approximate surface area is 269 Å². The van der Waals surface area contributed by atoms with E-state index in [1.54, 1.807) is 53.0 Å². The molecule has 0 saturated heterocycles. The standard InChI is InChI=1S/C36H33N3O6S/c1-6-38(7-2)34(41)30-21(3)37-36-39(32(30)31-24-13-9-8-12-22(24)16-18-28(31)43-4)33(40)29(46-36)20-23-17-19-27(45-23)25-14-10-11-15-26(25)35(42)44-5/h8-20,32H,6-7H2,1-5H3/b29-20-/t32-/m0/s1. The van der Waals surface area contributed by atoms with Gasteiger partial charge in [-0.15, -0.1) is 0 Å². The first kappa shape index (κ1) is 30.8. The van der Waals surface area contributed by atoms with E-state index in [0.717, 1.165) is 16.3 Å². The number of ether oxygens (including phenoxy) is 2. The van der Waals surface area contributed by atoms with Crippen LogP contribution in [-0.2, 0) is 9.53 Å². The van der Waals surface area contributed by atoms with Gasteiger partial charge in [-0.25, -0.2) is 9.79 Å². The molecule has 0 N–H and O–H groups in total. The second-order valence-corrected chi connectivity index (χ2v) is 11.7. The number of furan rings is 1. The molecule has 234 valence electrons. The van der Waals surface area contributed by atoms with Crippen LogP contribution in [-0.4, -0.2) is 48.7 Å². The van der Waals surface area contributed by atoms with Crippen molar-refractivity contribution in [3.8, 4) is 17.1 Å². The molecule has 3 aromatic carbocycles. The lowest BCUT2D eigenvalue weighted by Gasteiger charge is -2.30. The number of allylic oxidation sites excluding steroid dienone is 1. The van der Waals surface area contributed by atoms with Gasteiger partial charge in [0.1, 0.15) is 23.3 Å². The summed E-state index contributed by atoms with van der Waals surface area (Å²) in [4.78, 5) is 47.9. The Bertz CT molecular complexity index is 2200. The van der Waals surface area contributed by atoms with Gasteiger partial charge in [0, 0.05) is 30.3 Å². The third-order valence-corrected chi connectivity index (χ3v) is 9.21. The number of fused-ring (bicyclic) bond motifs is 2. The van der Waals surface area contributed by atoms with E-state index in [-0.39, 0.29) is 11.5 Å². The topological polar surface area (TPSA) is 103 Å². The first-order chi connectivity index (χ1) is 22.3. The fraction of sp³-hybridized carbons (Fsp3) is 0.222. The summed E-state index contributed by atoms with van der Waals surface area (Å²) in [5, 5.41) is 1.83. The number of esters is 1. The van der Waals surface area contributed by atoms with E-state index in [2.05, 4.69) is 0 Å². The van der Waals surface area contributed by atoms with Crippen molar-refractivity contribution in [2.24, 2.45) is 4.99 Å². The number of carbonyl (C=O) groups is 2. The van der Waals surface area contributed by atoms with Crippen LogP contribution in [0.15, 0.2) is 98.3 Å². The lowest BCUT2D eigenvalue weighted by Crippen LogP contribution is -2.43. The zero-order valence-electron chi connectivity index (χ0n) is 26.2. The van der Waals surface area contributed by atoms with Crippen LogP contribution in [0.25, 0.3) is 28.2 Å². The number of hydrogen-bond acceptors (Lipinski definition) is 8. The maximum absolute atomic E-state index is 14.4. The lowest BCUT2D eigenvalue weighted by atomic mass is 9.90. The summed E-state index contributed by atoms with van der Waals surface area (Å²) >= 11 is 1.22. The number of likely N-dealkylation sites (N-methyl/N-ethyl adjacent to an activating group) is 1. The van der Waals surface area contributed by atoms with Crippen LogP contribution in [0.2, 0.25) is 0 Å². The molecule has 6 rings (SSSR count). The first-order valence-corrected chi connectivity index (χ1v) is 15.8. The molecule has 2 aromatic heterocycles. The number of aromatic nitrogens is 1. The molecule has 0 fully saturated rings. The van der Waals surface area contributed by atoms with Gasteiger partial charge in [0.15, 0.2) is 4.80 Å². The monoisotopic (exact) mass is 635 g/mol. The summed E-state index contributed by atoms with van der Waals surface area (Å²) in [6.07, 6.45) is 1.66. The highest BCUT2D eigenvalue weighted by Gasteiger charge is 2.36. The van der Waals surface area contributed by atoms with Gasteiger partial charge < -0.3 is 18.8 Å². The highest BCUT2D eigenvalue weighted by atomic mass is 32.1. The number of benzene rings is 3. The van der Waals surface area contributed by atoms with Gasteiger partial charge in [-0.3, -0.25) is 14.2 Å². The van der Waals surface area contributed by atoms with Crippen molar-refractivity contribution in [1.82, 2.24) is 9.47 Å². The fourth-order valence-electron chi connectivity index (χ4n) is 5.98. The highest BCUT2D eigenvalue weighted by Crippen LogP contribution is 2.40. The molecule has 1 aliphatic rings. The maximum Gasteiger partial charge on any atom is 0.338 e. The molecule has 5 aromatic rings. The zero-order valence-corrected chi connectivity index (χ0v) is 27.0. The van der Waals surface area contributed by atoms with Crippen LogP contribution in [0.1, 0.15) is 48.5 Å². The number of thiazole rings is 1. The van der Waals surface area contributed by atoms with E-state index in [9.17, 15) is 14.4 Å². The van der Waals surface area contributed by atoms with E-state index < -0.39 is 12.0 Å². The molecule has 10 heteroatoms. The van der Waals surface area contributed by atoms with Gasteiger partial charge in [0.05, 0.1) is 35.6 Å². The average molecular weight is 636 g/mol. The molecule has 0 saturated carbocycles. The van der Waals surface area contributed by atoms with Crippen molar-refractivity contribution in [3.63, 3.8) is 0 Å². The molecule has 0 aliphatic carbocycles. The van der Waals surface area contributed by atoms with Crippen molar-refractivity contribution < 1.29 is 23.5 Å². The summed E-state index contributed by atoms with van der Waals surface area (Å²) in [5.41, 5.74) is 2.33. The van der Waals surface area contributed by atoms with E-state index >= 15 is 0 Å². The van der Waals surface area contributed by atoms with Crippen LogP contribution >= 0.6 is 11.3 Å². The zero-order chi connectivity index (χ0) is 32.5. The predicted molar refractivity (Wildman–Crippen MR) is 178 cm³/mol. The second kappa shape index (κ2) is 12.6. The quantitative estimate of drug-likeness (QED) is 0.214. The second-order valence-electron chi connectivity index (χ2n) is 10.7. The molecule has 9 nitrogen and oxygen atoms in total. The van der Waals surface area contributed by atoms with Gasteiger partial charge in [0.2, 0.25) is 0 Å². The van der Waals surface area contributed by atoms with Gasteiger partial charge >= 0.3 is 5.97 Å². The van der Waals surface area contributed by atoms with Crippen molar-refractivity contribution in [2.75, 3.05) is 27.3 Å². The van der Waals surface area contributed by atoms with E-state index in [4.69, 9.17) is 18.9 Å². The van der Waals surface area contributed by atoms with Gasteiger partial charge in [0.25, 0.3) is 11.5 Å². The number of methoxy groups -OCH3 is 2. The molecule has 1 aliphatic heterocycles. The van der Waals surface area contributed by atoms with Crippen molar-refractivity contribution >= 4 is 40.1 Å². The third-order valence-electron chi connectivity index (χ3n) is 8.22. The molecule has 1 atom stereocenters. The molecule has 46 heavy (non-hydrogen) atoms. The SMILES string of the molecule is CCN(CC)C(=O)C1=C(C)N=c2s/c(=C\c3ccc(-c4ccccc4C(=O)OC)o3)c(=O)n2[C@@H]1c1c(OC)ccc2ccccc12. The van der Waals surface area contributed by atoms with Gasteiger partial charge in [-0.2, -0.15) is 0 Å². The number of carbonyl (C=O) groups excluding carboxylic acids is 2. The van der Waals surface area contributed by atoms with Crippen molar-refractivity contribution in [1.29, 1.82) is 0 Å². The molecule has 1 amide bonds. The Morgan fingerprint density at radius 1 is 1.00 bits per heavy atom. The number of nitrogens with zero attached hydrogens (tertiary/aromatic N) is 3. The Morgan fingerprint density at radius 3 is 2.48 bits per heavy atom. The Balaban J connectivity index is 1.56. The summed E-state index contributed by atoms with van der Waals surface area (Å²) in [5.74, 6) is 0.796. The van der Waals surface area contributed by atoms with Crippen LogP contribution in [0, 0.1) is 0 Å². The molecular formula is C36H33N3O6S. The van der Waals surface area contributed by atoms with E-state index in [0.29, 0.717) is 62.1 Å². The predicted octanol–water partition coefficient (Wildman–Crippen LogP) is 5.31. The molecule has 0 radical (unpaired) electrons. The lowest BCUT2D eigenvalue weighted by molar-refractivity contribution is -0.127. The van der Waals surface area contributed by atoms with Crippen molar-refractivity contribution in [3.05, 3.63) is 121 Å². The third kappa shape index (κ3) is 5.24. The Morgan fingerprint density at radius 2 is 1.74 bits per heavy atom. The van der Waals surface area contributed by atoms with Gasteiger partial charge in [-0.05, 0) is 55.8 Å². The summed E-state index contributed by atoms with van der Waals surface area (Å²) in [6.45, 7) is 6.70. The summed E-state index contributed by atoms with van der Waals surface area (Å²) < 4.78 is 18.9. The number of amides is 1. The van der Waals surface area contributed by atoms with Crippen LogP contribution in [0.3, 0.4) is 0 Å². The smallest absolute Gasteiger partial charge is 0.338 e. The summed E-state index contributed by atoms with van der Waals surface area (Å²) in [6, 6.07) is 21.4. The van der Waals surface area contributed by atoms with E-state index in [1.807, 2.05) is 63.2 Å². The number of rotatable bonds is 8. The highest BCUT2D eigenvalue weighted by molar-refractivity contribution is 7.07. The Hall–Kier alpha value is -5.22.